The van der Waals surface area contributed by atoms with Gasteiger partial charge in [-0.1, -0.05) is 6.07 Å². The number of hydrogen-bond acceptors (Lipinski definition) is 4. The summed E-state index contributed by atoms with van der Waals surface area (Å²) in [6.07, 6.45) is 0.0988. The van der Waals surface area contributed by atoms with Crippen LogP contribution in [0.25, 0.3) is 0 Å². The minimum atomic E-state index is -0.978. The molecule has 0 aliphatic rings. The van der Waals surface area contributed by atoms with Crippen molar-refractivity contribution in [3.8, 4) is 0 Å². The van der Waals surface area contributed by atoms with Gasteiger partial charge in [-0.15, -0.1) is 0 Å². The number of carboxylic acid groups (broad SMARTS) is 1. The minimum Gasteiger partial charge on any atom is -0.481 e. The standard InChI is InChI=1S/C12H14N2O5/c1-8-5-6-9(10(7-8)14(18)19)13-11(15)3-2-4-12(16)17/h5-7H,2-4H2,1H3,(H,13,15)(H,16,17). The molecule has 0 aromatic heterocycles. The van der Waals surface area contributed by atoms with Crippen molar-refractivity contribution in [3.63, 3.8) is 0 Å². The van der Waals surface area contributed by atoms with Gasteiger partial charge in [0.1, 0.15) is 5.69 Å². The predicted octanol–water partition coefficient (Wildman–Crippen LogP) is 2.10. The molecule has 0 atom stereocenters. The molecule has 1 rings (SSSR count). The number of rotatable bonds is 6. The zero-order chi connectivity index (χ0) is 14.4. The second-order valence-electron chi connectivity index (χ2n) is 4.07. The second kappa shape index (κ2) is 6.48. The summed E-state index contributed by atoms with van der Waals surface area (Å²) in [5, 5.41) is 21.7. The monoisotopic (exact) mass is 266 g/mol. The van der Waals surface area contributed by atoms with Crippen LogP contribution in [-0.2, 0) is 9.59 Å². The van der Waals surface area contributed by atoms with Gasteiger partial charge in [-0.3, -0.25) is 19.7 Å². The Morgan fingerprint density at radius 3 is 2.63 bits per heavy atom. The SMILES string of the molecule is Cc1ccc(NC(=O)CCCC(=O)O)c([N+](=O)[O-])c1. The van der Waals surface area contributed by atoms with Crippen LogP contribution in [0.1, 0.15) is 24.8 Å². The maximum Gasteiger partial charge on any atom is 0.303 e. The molecule has 19 heavy (non-hydrogen) atoms. The number of aliphatic carboxylic acids is 1. The highest BCUT2D eigenvalue weighted by molar-refractivity contribution is 5.93. The van der Waals surface area contributed by atoms with Crippen LogP contribution >= 0.6 is 0 Å². The van der Waals surface area contributed by atoms with Crippen LogP contribution in [-0.4, -0.2) is 21.9 Å². The molecule has 2 N–H and O–H groups in total. The van der Waals surface area contributed by atoms with Gasteiger partial charge in [-0.2, -0.15) is 0 Å². The Morgan fingerprint density at radius 2 is 2.05 bits per heavy atom. The van der Waals surface area contributed by atoms with Gasteiger partial charge in [-0.25, -0.2) is 0 Å². The van der Waals surface area contributed by atoms with Crippen molar-refractivity contribution in [2.75, 3.05) is 5.32 Å². The van der Waals surface area contributed by atoms with Crippen LogP contribution in [0.3, 0.4) is 0 Å². The van der Waals surface area contributed by atoms with Crippen LogP contribution in [0.15, 0.2) is 18.2 Å². The smallest absolute Gasteiger partial charge is 0.303 e. The Kier molecular flexibility index (Phi) is 4.99. The number of carbonyl (C=O) groups excluding carboxylic acids is 1. The summed E-state index contributed by atoms with van der Waals surface area (Å²) in [6, 6.07) is 4.48. The number of nitro groups is 1. The largest absolute Gasteiger partial charge is 0.481 e. The van der Waals surface area contributed by atoms with Crippen molar-refractivity contribution < 1.29 is 19.6 Å². The van der Waals surface area contributed by atoms with Gasteiger partial charge in [0.05, 0.1) is 4.92 Å². The lowest BCUT2D eigenvalue weighted by atomic mass is 10.2. The topological polar surface area (TPSA) is 110 Å². The highest BCUT2D eigenvalue weighted by Gasteiger charge is 2.15. The molecule has 102 valence electrons. The molecule has 0 saturated carbocycles. The molecule has 1 aromatic carbocycles. The molecule has 0 heterocycles. The summed E-state index contributed by atoms with van der Waals surface area (Å²) in [5.74, 6) is -1.41. The Labute approximate surface area is 109 Å². The lowest BCUT2D eigenvalue weighted by Gasteiger charge is -2.06. The first kappa shape index (κ1) is 14.6. The van der Waals surface area contributed by atoms with E-state index in [0.29, 0.717) is 0 Å². The van der Waals surface area contributed by atoms with Crippen LogP contribution in [0.5, 0.6) is 0 Å². The van der Waals surface area contributed by atoms with Crippen molar-refractivity contribution in [2.24, 2.45) is 0 Å². The van der Waals surface area contributed by atoms with Crippen molar-refractivity contribution in [1.29, 1.82) is 0 Å². The highest BCUT2D eigenvalue weighted by Crippen LogP contribution is 2.25. The summed E-state index contributed by atoms with van der Waals surface area (Å²) < 4.78 is 0. The van der Waals surface area contributed by atoms with E-state index in [1.807, 2.05) is 0 Å². The number of nitrogens with zero attached hydrogens (tertiary/aromatic N) is 1. The van der Waals surface area contributed by atoms with Gasteiger partial charge in [0.15, 0.2) is 0 Å². The summed E-state index contributed by atoms with van der Waals surface area (Å²) in [7, 11) is 0. The molecule has 0 bridgehead atoms. The zero-order valence-corrected chi connectivity index (χ0v) is 10.4. The average molecular weight is 266 g/mol. The normalized spacial score (nSPS) is 9.95. The first-order chi connectivity index (χ1) is 8.90. The number of aryl methyl sites for hydroxylation is 1. The molecular formula is C12H14N2O5. The van der Waals surface area contributed by atoms with Crippen LogP contribution in [0.4, 0.5) is 11.4 Å². The number of carbonyl (C=O) groups is 2. The Hall–Kier alpha value is -2.44. The lowest BCUT2D eigenvalue weighted by molar-refractivity contribution is -0.384. The van der Waals surface area contributed by atoms with E-state index in [4.69, 9.17) is 5.11 Å². The Bertz CT molecular complexity index is 513. The van der Waals surface area contributed by atoms with Crippen molar-refractivity contribution in [1.82, 2.24) is 0 Å². The molecule has 1 aromatic rings. The van der Waals surface area contributed by atoms with Gasteiger partial charge < -0.3 is 10.4 Å². The second-order valence-corrected chi connectivity index (χ2v) is 4.07. The van der Waals surface area contributed by atoms with Crippen LogP contribution in [0.2, 0.25) is 0 Å². The zero-order valence-electron chi connectivity index (χ0n) is 10.4. The van der Waals surface area contributed by atoms with Crippen molar-refractivity contribution >= 4 is 23.3 Å². The summed E-state index contributed by atoms with van der Waals surface area (Å²) in [6.45, 7) is 1.71. The summed E-state index contributed by atoms with van der Waals surface area (Å²) >= 11 is 0. The number of anilines is 1. The quantitative estimate of drug-likeness (QED) is 0.605. The van der Waals surface area contributed by atoms with E-state index in [2.05, 4.69) is 5.32 Å². The van der Waals surface area contributed by atoms with E-state index in [1.165, 1.54) is 12.1 Å². The molecule has 7 nitrogen and oxygen atoms in total. The molecule has 0 spiro atoms. The first-order valence-corrected chi connectivity index (χ1v) is 5.67. The lowest BCUT2D eigenvalue weighted by Crippen LogP contribution is -2.13. The van der Waals surface area contributed by atoms with Gasteiger partial charge in [0.2, 0.25) is 5.91 Å². The maximum absolute atomic E-state index is 11.5. The molecule has 0 unspecified atom stereocenters. The number of carboxylic acids is 1. The molecule has 0 saturated heterocycles. The summed E-state index contributed by atoms with van der Waals surface area (Å²) in [4.78, 5) is 32.1. The average Bonchev–Trinajstić information content (AvgIpc) is 2.30. The fourth-order valence-corrected chi connectivity index (χ4v) is 1.51. The van der Waals surface area contributed by atoms with Crippen molar-refractivity contribution in [3.05, 3.63) is 33.9 Å². The highest BCUT2D eigenvalue weighted by atomic mass is 16.6. The van der Waals surface area contributed by atoms with Crippen LogP contribution in [0, 0.1) is 17.0 Å². The molecular weight excluding hydrogens is 252 g/mol. The molecule has 0 aliphatic heterocycles. The van der Waals surface area contributed by atoms with Crippen LogP contribution < -0.4 is 5.32 Å². The van der Waals surface area contributed by atoms with Gasteiger partial charge >= 0.3 is 5.97 Å². The van der Waals surface area contributed by atoms with E-state index in [9.17, 15) is 19.7 Å². The van der Waals surface area contributed by atoms with E-state index in [-0.39, 0.29) is 30.6 Å². The van der Waals surface area contributed by atoms with Gasteiger partial charge in [-0.05, 0) is 25.0 Å². The third kappa shape index (κ3) is 4.74. The Morgan fingerprint density at radius 1 is 1.37 bits per heavy atom. The molecule has 0 fully saturated rings. The van der Waals surface area contributed by atoms with E-state index in [0.717, 1.165) is 5.56 Å². The van der Waals surface area contributed by atoms with Crippen molar-refractivity contribution in [2.45, 2.75) is 26.2 Å². The number of nitrogens with one attached hydrogen (secondary N) is 1. The Balaban J connectivity index is 2.68. The fourth-order valence-electron chi connectivity index (χ4n) is 1.51. The molecule has 1 amide bonds. The first-order valence-electron chi connectivity index (χ1n) is 5.67. The number of amides is 1. The van der Waals surface area contributed by atoms with E-state index >= 15 is 0 Å². The third-order valence-corrected chi connectivity index (χ3v) is 2.42. The van der Waals surface area contributed by atoms with Gasteiger partial charge in [0.25, 0.3) is 5.69 Å². The maximum atomic E-state index is 11.5. The third-order valence-electron chi connectivity index (χ3n) is 2.42. The minimum absolute atomic E-state index is 0.0112. The fraction of sp³-hybridized carbons (Fsp3) is 0.333. The summed E-state index contributed by atoms with van der Waals surface area (Å²) in [5.41, 5.74) is 0.665. The van der Waals surface area contributed by atoms with E-state index < -0.39 is 16.8 Å². The number of nitro benzene ring substituents is 1. The molecule has 0 radical (unpaired) electrons. The number of hydrogen-bond donors (Lipinski definition) is 2. The predicted molar refractivity (Wildman–Crippen MR) is 67.9 cm³/mol. The molecule has 7 heteroatoms. The molecule has 0 aliphatic carbocycles. The van der Waals surface area contributed by atoms with Gasteiger partial charge in [0, 0.05) is 18.9 Å². The number of benzene rings is 1. The van der Waals surface area contributed by atoms with E-state index in [1.54, 1.807) is 13.0 Å².